The highest BCUT2D eigenvalue weighted by Crippen LogP contribution is 2.35. The Labute approximate surface area is 115 Å². The molecule has 1 fully saturated rings. The van der Waals surface area contributed by atoms with E-state index in [4.69, 9.17) is 0 Å². The van der Waals surface area contributed by atoms with Crippen molar-refractivity contribution in [3.05, 3.63) is 41.6 Å². The van der Waals surface area contributed by atoms with Crippen molar-refractivity contribution in [1.82, 2.24) is 10.2 Å². The summed E-state index contributed by atoms with van der Waals surface area (Å²) in [5.41, 5.74) is 4.90. The maximum absolute atomic E-state index is 4.49. The Bertz CT molecular complexity index is 531. The summed E-state index contributed by atoms with van der Waals surface area (Å²) in [5, 5.41) is 7.74. The highest BCUT2D eigenvalue weighted by atomic mass is 15.1. The molecule has 0 spiro atoms. The van der Waals surface area contributed by atoms with Crippen molar-refractivity contribution in [2.75, 3.05) is 0 Å². The van der Waals surface area contributed by atoms with Crippen molar-refractivity contribution in [2.24, 2.45) is 5.92 Å². The monoisotopic (exact) mass is 254 g/mol. The van der Waals surface area contributed by atoms with Crippen LogP contribution in [-0.4, -0.2) is 10.2 Å². The number of aromatic nitrogens is 2. The van der Waals surface area contributed by atoms with Gasteiger partial charge in [0.2, 0.25) is 0 Å². The van der Waals surface area contributed by atoms with E-state index in [0.29, 0.717) is 5.92 Å². The number of aromatic amines is 1. The lowest BCUT2D eigenvalue weighted by molar-refractivity contribution is 0.344. The van der Waals surface area contributed by atoms with Crippen molar-refractivity contribution < 1.29 is 0 Å². The summed E-state index contributed by atoms with van der Waals surface area (Å²) in [6.07, 6.45) is 5.31. The second-order valence-electron chi connectivity index (χ2n) is 6.03. The van der Waals surface area contributed by atoms with Crippen LogP contribution in [-0.2, 0) is 0 Å². The molecule has 0 unspecified atom stereocenters. The first-order valence-corrected chi connectivity index (χ1v) is 7.34. The Kier molecular flexibility index (Phi) is 3.41. The molecule has 0 aliphatic heterocycles. The Balaban J connectivity index is 1.77. The summed E-state index contributed by atoms with van der Waals surface area (Å²) in [7, 11) is 0. The first kappa shape index (κ1) is 12.5. The summed E-state index contributed by atoms with van der Waals surface area (Å²) in [6.45, 7) is 4.48. The molecule has 2 nitrogen and oxygen atoms in total. The largest absolute Gasteiger partial charge is 0.282 e. The van der Waals surface area contributed by atoms with Crippen LogP contribution in [0.1, 0.15) is 49.8 Å². The molecule has 2 aromatic rings. The average Bonchev–Trinajstić information content (AvgIpc) is 2.90. The van der Waals surface area contributed by atoms with Gasteiger partial charge in [0.05, 0.1) is 5.69 Å². The van der Waals surface area contributed by atoms with Gasteiger partial charge in [-0.25, -0.2) is 0 Å². The molecule has 1 aromatic carbocycles. The molecule has 1 aromatic heterocycles. The Hall–Kier alpha value is -1.57. The maximum Gasteiger partial charge on any atom is 0.0923 e. The van der Waals surface area contributed by atoms with Crippen LogP contribution < -0.4 is 0 Å². The quantitative estimate of drug-likeness (QED) is 0.828. The molecule has 0 atom stereocenters. The van der Waals surface area contributed by atoms with Crippen LogP contribution in [0, 0.1) is 12.8 Å². The van der Waals surface area contributed by atoms with Crippen LogP contribution in [0.3, 0.4) is 0 Å². The smallest absolute Gasteiger partial charge is 0.0923 e. The predicted octanol–water partition coefficient (Wildman–Crippen LogP) is 4.68. The molecule has 0 saturated heterocycles. The van der Waals surface area contributed by atoms with E-state index < -0.39 is 0 Å². The molecule has 2 heteroatoms. The van der Waals surface area contributed by atoms with Crippen LogP contribution >= 0.6 is 0 Å². The van der Waals surface area contributed by atoms with Gasteiger partial charge in [-0.1, -0.05) is 49.6 Å². The molecule has 3 rings (SSSR count). The van der Waals surface area contributed by atoms with Crippen molar-refractivity contribution in [3.63, 3.8) is 0 Å². The van der Waals surface area contributed by atoms with Crippen LogP contribution in [0.15, 0.2) is 30.3 Å². The van der Waals surface area contributed by atoms with Crippen LogP contribution in [0.5, 0.6) is 0 Å². The molecule has 1 N–H and O–H groups in total. The van der Waals surface area contributed by atoms with E-state index in [1.54, 1.807) is 0 Å². The molecule has 100 valence electrons. The number of nitrogens with one attached hydrogen (secondary N) is 1. The number of aryl methyl sites for hydroxylation is 1. The van der Waals surface area contributed by atoms with E-state index in [2.05, 4.69) is 54.4 Å². The lowest BCUT2D eigenvalue weighted by atomic mass is 9.81. The molecule has 0 bridgehead atoms. The zero-order valence-electron chi connectivity index (χ0n) is 11.8. The summed E-state index contributed by atoms with van der Waals surface area (Å²) in [5.74, 6) is 1.58. The van der Waals surface area contributed by atoms with E-state index in [9.17, 15) is 0 Å². The normalized spacial score (nSPS) is 23.5. The molecule has 0 amide bonds. The standard InChI is InChI=1S/C17H22N2/c1-12-3-7-14(8-4-12)16-11-17(19-18-16)15-9-5-13(2)6-10-15/h3-4,7-8,11,13,15H,5-6,9-10H2,1-2H3,(H,18,19). The van der Waals surface area contributed by atoms with Gasteiger partial charge < -0.3 is 0 Å². The van der Waals surface area contributed by atoms with Gasteiger partial charge in [-0.05, 0) is 31.7 Å². The van der Waals surface area contributed by atoms with E-state index in [1.807, 2.05) is 0 Å². The number of benzene rings is 1. The van der Waals surface area contributed by atoms with Crippen molar-refractivity contribution in [3.8, 4) is 11.3 Å². The number of hydrogen-bond donors (Lipinski definition) is 1. The predicted molar refractivity (Wildman–Crippen MR) is 79.1 cm³/mol. The lowest BCUT2D eigenvalue weighted by Crippen LogP contribution is -2.10. The van der Waals surface area contributed by atoms with Gasteiger partial charge in [-0.15, -0.1) is 0 Å². The first-order chi connectivity index (χ1) is 9.22. The fraction of sp³-hybridized carbons (Fsp3) is 0.471. The fourth-order valence-electron chi connectivity index (χ4n) is 2.99. The van der Waals surface area contributed by atoms with E-state index in [0.717, 1.165) is 11.6 Å². The number of rotatable bonds is 2. The minimum absolute atomic E-state index is 0.683. The van der Waals surface area contributed by atoms with Crippen LogP contribution in [0.25, 0.3) is 11.3 Å². The highest BCUT2D eigenvalue weighted by molar-refractivity contribution is 5.59. The summed E-state index contributed by atoms with van der Waals surface area (Å²) < 4.78 is 0. The van der Waals surface area contributed by atoms with Crippen molar-refractivity contribution >= 4 is 0 Å². The Morgan fingerprint density at radius 1 is 1.05 bits per heavy atom. The van der Waals surface area contributed by atoms with Gasteiger partial charge in [-0.3, -0.25) is 5.10 Å². The molecular weight excluding hydrogens is 232 g/mol. The molecule has 1 saturated carbocycles. The average molecular weight is 254 g/mol. The molecule has 0 radical (unpaired) electrons. The summed E-state index contributed by atoms with van der Waals surface area (Å²) in [4.78, 5) is 0. The number of hydrogen-bond acceptors (Lipinski definition) is 1. The van der Waals surface area contributed by atoms with Gasteiger partial charge >= 0.3 is 0 Å². The fourth-order valence-corrected chi connectivity index (χ4v) is 2.99. The van der Waals surface area contributed by atoms with E-state index >= 15 is 0 Å². The van der Waals surface area contributed by atoms with E-state index in [-0.39, 0.29) is 0 Å². The second-order valence-corrected chi connectivity index (χ2v) is 6.03. The van der Waals surface area contributed by atoms with Gasteiger partial charge in [-0.2, -0.15) is 5.10 Å². The summed E-state index contributed by atoms with van der Waals surface area (Å²) in [6, 6.07) is 10.8. The van der Waals surface area contributed by atoms with Gasteiger partial charge in [0.15, 0.2) is 0 Å². The molecule has 1 aliphatic carbocycles. The van der Waals surface area contributed by atoms with Gasteiger partial charge in [0.25, 0.3) is 0 Å². The molecular formula is C17H22N2. The first-order valence-electron chi connectivity index (χ1n) is 7.34. The van der Waals surface area contributed by atoms with Gasteiger partial charge in [0, 0.05) is 17.2 Å². The molecule has 1 aliphatic rings. The number of H-pyrrole nitrogens is 1. The molecule has 1 heterocycles. The SMILES string of the molecule is Cc1ccc(-c2cc(C3CCC(C)CC3)[nH]n2)cc1. The topological polar surface area (TPSA) is 28.7 Å². The Morgan fingerprint density at radius 3 is 2.42 bits per heavy atom. The zero-order valence-corrected chi connectivity index (χ0v) is 11.8. The highest BCUT2D eigenvalue weighted by Gasteiger charge is 2.21. The van der Waals surface area contributed by atoms with Crippen molar-refractivity contribution in [2.45, 2.75) is 45.4 Å². The van der Waals surface area contributed by atoms with Crippen molar-refractivity contribution in [1.29, 1.82) is 0 Å². The third-order valence-electron chi connectivity index (χ3n) is 4.40. The zero-order chi connectivity index (χ0) is 13.2. The van der Waals surface area contributed by atoms with Crippen LogP contribution in [0.2, 0.25) is 0 Å². The second kappa shape index (κ2) is 5.20. The van der Waals surface area contributed by atoms with E-state index in [1.165, 1.54) is 42.5 Å². The minimum atomic E-state index is 0.683. The number of nitrogens with zero attached hydrogens (tertiary/aromatic N) is 1. The molecule has 19 heavy (non-hydrogen) atoms. The Morgan fingerprint density at radius 2 is 1.74 bits per heavy atom. The third kappa shape index (κ3) is 2.73. The lowest BCUT2D eigenvalue weighted by Gasteiger charge is -2.24. The minimum Gasteiger partial charge on any atom is -0.282 e. The van der Waals surface area contributed by atoms with Gasteiger partial charge in [0.1, 0.15) is 0 Å². The maximum atomic E-state index is 4.49. The van der Waals surface area contributed by atoms with Crippen LogP contribution in [0.4, 0.5) is 0 Å². The summed E-state index contributed by atoms with van der Waals surface area (Å²) >= 11 is 0. The third-order valence-corrected chi connectivity index (χ3v) is 4.40.